The van der Waals surface area contributed by atoms with E-state index >= 15 is 0 Å². The molecule has 1 aromatic carbocycles. The number of fused-ring (bicyclic) bond motifs is 1. The Morgan fingerprint density at radius 2 is 1.93 bits per heavy atom. The lowest BCUT2D eigenvalue weighted by Gasteiger charge is -2.15. The number of nitrogens with zero attached hydrogens (tertiary/aromatic N) is 5. The molecule has 5 rings (SSSR count). The van der Waals surface area contributed by atoms with Crippen molar-refractivity contribution in [2.24, 2.45) is 0 Å². The molecule has 1 unspecified atom stereocenters. The SMILES string of the molecule is O=C(c1ccc(F)cc1)N1CCC(c2nc3ccc(-c4cccnc4)cn3n2)C1. The van der Waals surface area contributed by atoms with Crippen LogP contribution in [0, 0.1) is 5.82 Å². The van der Waals surface area contributed by atoms with Crippen molar-refractivity contribution in [1.29, 1.82) is 0 Å². The molecule has 4 aromatic rings. The van der Waals surface area contributed by atoms with Crippen LogP contribution in [-0.2, 0) is 0 Å². The molecule has 1 saturated heterocycles. The normalized spacial score (nSPS) is 16.4. The van der Waals surface area contributed by atoms with Crippen LogP contribution in [0.15, 0.2) is 67.1 Å². The Morgan fingerprint density at radius 1 is 1.07 bits per heavy atom. The summed E-state index contributed by atoms with van der Waals surface area (Å²) in [5.41, 5.74) is 3.30. The first-order valence-electron chi connectivity index (χ1n) is 9.49. The topological polar surface area (TPSA) is 63.4 Å². The number of benzene rings is 1. The zero-order chi connectivity index (χ0) is 19.8. The maximum absolute atomic E-state index is 13.1. The Hall–Kier alpha value is -3.61. The van der Waals surface area contributed by atoms with E-state index < -0.39 is 0 Å². The molecule has 7 heteroatoms. The fourth-order valence-corrected chi connectivity index (χ4v) is 3.71. The fourth-order valence-electron chi connectivity index (χ4n) is 3.71. The Balaban J connectivity index is 1.36. The molecule has 29 heavy (non-hydrogen) atoms. The van der Waals surface area contributed by atoms with Gasteiger partial charge in [0.1, 0.15) is 5.82 Å². The van der Waals surface area contributed by atoms with E-state index in [0.717, 1.165) is 29.0 Å². The van der Waals surface area contributed by atoms with Crippen molar-refractivity contribution in [3.8, 4) is 11.1 Å². The summed E-state index contributed by atoms with van der Waals surface area (Å²) in [4.78, 5) is 23.3. The van der Waals surface area contributed by atoms with E-state index in [1.807, 2.05) is 36.7 Å². The number of hydrogen-bond acceptors (Lipinski definition) is 4. The number of rotatable bonds is 3. The van der Waals surface area contributed by atoms with Crippen LogP contribution in [0.1, 0.15) is 28.5 Å². The molecule has 144 valence electrons. The van der Waals surface area contributed by atoms with Crippen molar-refractivity contribution >= 4 is 11.6 Å². The highest BCUT2D eigenvalue weighted by Gasteiger charge is 2.30. The van der Waals surface area contributed by atoms with Crippen molar-refractivity contribution in [1.82, 2.24) is 24.5 Å². The number of amides is 1. The summed E-state index contributed by atoms with van der Waals surface area (Å²) >= 11 is 0. The lowest BCUT2D eigenvalue weighted by Crippen LogP contribution is -2.28. The number of hydrogen-bond donors (Lipinski definition) is 0. The van der Waals surface area contributed by atoms with Crippen molar-refractivity contribution < 1.29 is 9.18 Å². The van der Waals surface area contributed by atoms with Gasteiger partial charge in [-0.15, -0.1) is 0 Å². The maximum Gasteiger partial charge on any atom is 0.253 e. The molecule has 1 atom stereocenters. The van der Waals surface area contributed by atoms with Gasteiger partial charge in [0.2, 0.25) is 0 Å². The smallest absolute Gasteiger partial charge is 0.253 e. The highest BCUT2D eigenvalue weighted by molar-refractivity contribution is 5.94. The number of carbonyl (C=O) groups excluding carboxylic acids is 1. The van der Waals surface area contributed by atoms with Crippen LogP contribution in [0.2, 0.25) is 0 Å². The third-order valence-corrected chi connectivity index (χ3v) is 5.27. The predicted molar refractivity (Wildman–Crippen MR) is 106 cm³/mol. The lowest BCUT2D eigenvalue weighted by atomic mass is 10.1. The van der Waals surface area contributed by atoms with Gasteiger partial charge >= 0.3 is 0 Å². The predicted octanol–water partition coefficient (Wildman–Crippen LogP) is 3.56. The van der Waals surface area contributed by atoms with Gasteiger partial charge in [0.05, 0.1) is 0 Å². The van der Waals surface area contributed by atoms with Crippen LogP contribution in [0.3, 0.4) is 0 Å². The minimum atomic E-state index is -0.347. The van der Waals surface area contributed by atoms with E-state index in [1.165, 1.54) is 24.3 Å². The molecule has 0 N–H and O–H groups in total. The van der Waals surface area contributed by atoms with E-state index in [-0.39, 0.29) is 17.6 Å². The second kappa shape index (κ2) is 7.09. The standard InChI is InChI=1S/C22H18FN5O/c23-19-6-3-15(4-7-19)22(29)27-11-9-18(13-27)21-25-20-8-5-17(14-28(20)26-21)16-2-1-10-24-12-16/h1-8,10,12,14,18H,9,11,13H2. The summed E-state index contributed by atoms with van der Waals surface area (Å²) in [6.07, 6.45) is 6.31. The first-order chi connectivity index (χ1) is 14.2. The van der Waals surface area contributed by atoms with Crippen LogP contribution in [-0.4, -0.2) is 43.5 Å². The van der Waals surface area contributed by atoms with Gasteiger partial charge in [-0.3, -0.25) is 9.78 Å². The highest BCUT2D eigenvalue weighted by atomic mass is 19.1. The molecule has 0 saturated carbocycles. The van der Waals surface area contributed by atoms with Gasteiger partial charge in [0.25, 0.3) is 5.91 Å². The highest BCUT2D eigenvalue weighted by Crippen LogP contribution is 2.27. The van der Waals surface area contributed by atoms with Gasteiger partial charge in [-0.2, -0.15) is 5.10 Å². The molecule has 1 aliphatic heterocycles. The van der Waals surface area contributed by atoms with Gasteiger partial charge in [0, 0.05) is 54.3 Å². The van der Waals surface area contributed by atoms with E-state index in [9.17, 15) is 9.18 Å². The van der Waals surface area contributed by atoms with E-state index in [1.54, 1.807) is 15.6 Å². The Bertz CT molecular complexity index is 1170. The molecule has 0 spiro atoms. The summed E-state index contributed by atoms with van der Waals surface area (Å²) in [5, 5.41) is 4.66. The number of pyridine rings is 2. The molecule has 4 heterocycles. The minimum Gasteiger partial charge on any atom is -0.338 e. The first kappa shape index (κ1) is 17.5. The largest absolute Gasteiger partial charge is 0.338 e. The summed E-state index contributed by atoms with van der Waals surface area (Å²) in [7, 11) is 0. The molecule has 0 radical (unpaired) electrons. The van der Waals surface area contributed by atoms with Gasteiger partial charge < -0.3 is 4.90 Å². The van der Waals surface area contributed by atoms with Crippen molar-refractivity contribution in [3.05, 3.63) is 84.3 Å². The van der Waals surface area contributed by atoms with Crippen LogP contribution in [0.25, 0.3) is 16.8 Å². The molecule has 1 aliphatic rings. The fraction of sp³-hybridized carbons (Fsp3) is 0.182. The van der Waals surface area contributed by atoms with Crippen LogP contribution in [0.5, 0.6) is 0 Å². The monoisotopic (exact) mass is 387 g/mol. The molecule has 3 aromatic heterocycles. The lowest BCUT2D eigenvalue weighted by molar-refractivity contribution is 0.0790. The average molecular weight is 387 g/mol. The van der Waals surface area contributed by atoms with Crippen LogP contribution < -0.4 is 0 Å². The van der Waals surface area contributed by atoms with Crippen molar-refractivity contribution in [3.63, 3.8) is 0 Å². The molecule has 1 amide bonds. The summed E-state index contributed by atoms with van der Waals surface area (Å²) in [5.74, 6) is 0.388. The minimum absolute atomic E-state index is 0.0844. The third kappa shape index (κ3) is 3.35. The van der Waals surface area contributed by atoms with Gasteiger partial charge in [-0.25, -0.2) is 13.9 Å². The number of likely N-dealkylation sites (tertiary alicyclic amines) is 1. The van der Waals surface area contributed by atoms with E-state index in [2.05, 4.69) is 15.1 Å². The molecular formula is C22H18FN5O. The van der Waals surface area contributed by atoms with Crippen molar-refractivity contribution in [2.45, 2.75) is 12.3 Å². The summed E-state index contributed by atoms with van der Waals surface area (Å²) in [6, 6.07) is 13.5. The second-order valence-electron chi connectivity index (χ2n) is 7.18. The Kier molecular flexibility index (Phi) is 4.27. The van der Waals surface area contributed by atoms with Gasteiger partial charge in [-0.1, -0.05) is 6.07 Å². The summed E-state index contributed by atoms with van der Waals surface area (Å²) in [6.45, 7) is 1.19. The quantitative estimate of drug-likeness (QED) is 0.539. The van der Waals surface area contributed by atoms with Crippen LogP contribution >= 0.6 is 0 Å². The molecule has 0 bridgehead atoms. The van der Waals surface area contributed by atoms with Gasteiger partial charge in [-0.05, 0) is 48.9 Å². The molecule has 0 aliphatic carbocycles. The molecule has 6 nitrogen and oxygen atoms in total. The van der Waals surface area contributed by atoms with Gasteiger partial charge in [0.15, 0.2) is 11.5 Å². The Morgan fingerprint density at radius 3 is 2.72 bits per heavy atom. The second-order valence-corrected chi connectivity index (χ2v) is 7.18. The maximum atomic E-state index is 13.1. The Labute approximate surface area is 166 Å². The molecule has 1 fully saturated rings. The zero-order valence-electron chi connectivity index (χ0n) is 15.6. The average Bonchev–Trinajstić information content (AvgIpc) is 3.41. The van der Waals surface area contributed by atoms with E-state index in [0.29, 0.717) is 18.7 Å². The number of halogens is 1. The van der Waals surface area contributed by atoms with Crippen molar-refractivity contribution in [2.75, 3.05) is 13.1 Å². The zero-order valence-corrected chi connectivity index (χ0v) is 15.6. The van der Waals surface area contributed by atoms with E-state index in [4.69, 9.17) is 0 Å². The van der Waals surface area contributed by atoms with Crippen LogP contribution in [0.4, 0.5) is 4.39 Å². The third-order valence-electron chi connectivity index (χ3n) is 5.27. The number of carbonyl (C=O) groups is 1. The molecular weight excluding hydrogens is 369 g/mol. The summed E-state index contributed by atoms with van der Waals surface area (Å²) < 4.78 is 14.9. The first-order valence-corrected chi connectivity index (χ1v) is 9.49. The number of aromatic nitrogens is 4.